The molecule has 236 valence electrons. The molecular formula is C34H44N4O6. The van der Waals surface area contributed by atoms with Gasteiger partial charge in [-0.2, -0.15) is 0 Å². The van der Waals surface area contributed by atoms with Crippen molar-refractivity contribution in [3.05, 3.63) is 58.8 Å². The predicted octanol–water partition coefficient (Wildman–Crippen LogP) is 5.76. The number of hydrogen-bond acceptors (Lipinski definition) is 8. The molecule has 44 heavy (non-hydrogen) atoms. The van der Waals surface area contributed by atoms with Crippen molar-refractivity contribution in [1.82, 2.24) is 14.4 Å². The van der Waals surface area contributed by atoms with Crippen LogP contribution < -0.4 is 10.1 Å². The van der Waals surface area contributed by atoms with Gasteiger partial charge in [0.2, 0.25) is 5.91 Å². The number of likely N-dealkylation sites (tertiary alicyclic amines) is 2. The lowest BCUT2D eigenvalue weighted by molar-refractivity contribution is -0.146. The summed E-state index contributed by atoms with van der Waals surface area (Å²) in [6, 6.07) is 9.62. The number of nitrogens with zero attached hydrogens (tertiary/aromatic N) is 3. The lowest BCUT2D eigenvalue weighted by atomic mass is 9.68. The molecule has 3 aromatic rings. The number of carbonyl (C=O) groups excluding carboxylic acids is 3. The minimum atomic E-state index is -0.623. The Kier molecular flexibility index (Phi) is 8.41. The second kappa shape index (κ2) is 11.8. The Hall–Kier alpha value is -4.05. The highest BCUT2D eigenvalue weighted by Crippen LogP contribution is 2.50. The zero-order chi connectivity index (χ0) is 32.0. The maximum absolute atomic E-state index is 13.2. The molecule has 1 atom stereocenters. The zero-order valence-corrected chi connectivity index (χ0v) is 27.1. The summed E-state index contributed by atoms with van der Waals surface area (Å²) >= 11 is 0. The van der Waals surface area contributed by atoms with E-state index in [1.165, 1.54) is 7.11 Å². The van der Waals surface area contributed by atoms with Crippen molar-refractivity contribution in [2.75, 3.05) is 46.2 Å². The summed E-state index contributed by atoms with van der Waals surface area (Å²) in [5, 5.41) is 4.24. The van der Waals surface area contributed by atoms with Crippen molar-refractivity contribution < 1.29 is 28.6 Å². The fourth-order valence-corrected chi connectivity index (χ4v) is 6.83. The number of piperidine rings is 1. The highest BCUT2D eigenvalue weighted by molar-refractivity contribution is 5.95. The predicted molar refractivity (Wildman–Crippen MR) is 169 cm³/mol. The van der Waals surface area contributed by atoms with E-state index in [0.29, 0.717) is 12.1 Å². The van der Waals surface area contributed by atoms with Crippen LogP contribution in [0.1, 0.15) is 73.6 Å². The van der Waals surface area contributed by atoms with Gasteiger partial charge in [0.15, 0.2) is 0 Å². The van der Waals surface area contributed by atoms with E-state index in [0.717, 1.165) is 71.5 Å². The van der Waals surface area contributed by atoms with Gasteiger partial charge in [0.25, 0.3) is 0 Å². The van der Waals surface area contributed by atoms with Crippen molar-refractivity contribution in [3.8, 4) is 5.75 Å². The van der Waals surface area contributed by atoms with Crippen LogP contribution in [-0.4, -0.2) is 78.8 Å². The quantitative estimate of drug-likeness (QED) is 0.355. The molecule has 2 aliphatic heterocycles. The maximum Gasteiger partial charge on any atom is 0.419 e. The number of rotatable bonds is 6. The van der Waals surface area contributed by atoms with Crippen LogP contribution in [0.4, 0.5) is 10.5 Å². The van der Waals surface area contributed by atoms with Crippen molar-refractivity contribution in [1.29, 1.82) is 0 Å². The third-order valence-electron chi connectivity index (χ3n) is 9.00. The lowest BCUT2D eigenvalue weighted by Gasteiger charge is -2.56. The smallest absolute Gasteiger partial charge is 0.419 e. The molecule has 1 amide bonds. The number of methoxy groups -OCH3 is 2. The summed E-state index contributed by atoms with van der Waals surface area (Å²) in [6.45, 7) is 12.1. The van der Waals surface area contributed by atoms with Crippen LogP contribution in [0.15, 0.2) is 36.5 Å². The Balaban J connectivity index is 1.56. The van der Waals surface area contributed by atoms with Crippen molar-refractivity contribution in [2.45, 2.75) is 65.6 Å². The number of carbonyl (C=O) groups is 3. The molecule has 1 spiro atoms. The van der Waals surface area contributed by atoms with E-state index < -0.39 is 11.7 Å². The Morgan fingerprint density at radius 1 is 1.09 bits per heavy atom. The average Bonchev–Trinajstić information content (AvgIpc) is 3.42. The number of amides is 1. The van der Waals surface area contributed by atoms with Crippen LogP contribution in [0.3, 0.4) is 0 Å². The maximum atomic E-state index is 13.2. The summed E-state index contributed by atoms with van der Waals surface area (Å²) in [7, 11) is 4.91. The minimum Gasteiger partial charge on any atom is -0.496 e. The van der Waals surface area contributed by atoms with Crippen LogP contribution in [0, 0.1) is 12.3 Å². The third kappa shape index (κ3) is 5.87. The Morgan fingerprint density at radius 2 is 1.82 bits per heavy atom. The molecule has 2 aliphatic rings. The van der Waals surface area contributed by atoms with Gasteiger partial charge >= 0.3 is 12.1 Å². The first-order valence-corrected chi connectivity index (χ1v) is 15.1. The van der Waals surface area contributed by atoms with Gasteiger partial charge in [-0.25, -0.2) is 9.59 Å². The molecule has 0 aliphatic carbocycles. The van der Waals surface area contributed by atoms with E-state index in [-0.39, 0.29) is 23.3 Å². The summed E-state index contributed by atoms with van der Waals surface area (Å²) in [4.78, 5) is 42.0. The highest BCUT2D eigenvalue weighted by Gasteiger charge is 2.49. The SMILES string of the molecule is CNc1cc(C(=O)OC)ccc1[C@@H]1CC2(CCN1Cc1c(OC)cc(C)c3c1ccn3C(=O)OC(C)(C)C)CN(C(C)=O)C2. The van der Waals surface area contributed by atoms with Crippen LogP contribution in [0.2, 0.25) is 0 Å². The van der Waals surface area contributed by atoms with Crippen LogP contribution in [0.25, 0.3) is 10.9 Å². The number of ether oxygens (including phenoxy) is 3. The van der Waals surface area contributed by atoms with E-state index in [1.54, 1.807) is 24.8 Å². The van der Waals surface area contributed by atoms with Crippen molar-refractivity contribution in [3.63, 3.8) is 0 Å². The Morgan fingerprint density at radius 3 is 2.43 bits per heavy atom. The molecule has 0 unspecified atom stereocenters. The average molecular weight is 605 g/mol. The summed E-state index contributed by atoms with van der Waals surface area (Å²) in [5.74, 6) is 0.480. The van der Waals surface area contributed by atoms with E-state index >= 15 is 0 Å². The molecule has 0 radical (unpaired) electrons. The van der Waals surface area contributed by atoms with Crippen LogP contribution in [-0.2, 0) is 20.8 Å². The number of aromatic nitrogens is 1. The van der Waals surface area contributed by atoms with Crippen LogP contribution in [0.5, 0.6) is 5.75 Å². The highest BCUT2D eigenvalue weighted by atomic mass is 16.6. The fraction of sp³-hybridized carbons (Fsp3) is 0.500. The molecule has 2 saturated heterocycles. The van der Waals surface area contributed by atoms with E-state index in [1.807, 2.05) is 70.0 Å². The second-order valence-corrected chi connectivity index (χ2v) is 13.2. The van der Waals surface area contributed by atoms with Gasteiger partial charge in [0.1, 0.15) is 11.4 Å². The molecule has 5 rings (SSSR count). The van der Waals surface area contributed by atoms with Crippen molar-refractivity contribution in [2.24, 2.45) is 5.41 Å². The van der Waals surface area contributed by atoms with E-state index in [9.17, 15) is 14.4 Å². The third-order valence-corrected chi connectivity index (χ3v) is 9.00. The number of anilines is 1. The lowest BCUT2D eigenvalue weighted by Crippen LogP contribution is -2.61. The largest absolute Gasteiger partial charge is 0.496 e. The van der Waals surface area contributed by atoms with E-state index in [4.69, 9.17) is 14.2 Å². The summed E-state index contributed by atoms with van der Waals surface area (Å²) in [5.41, 5.74) is 4.54. The van der Waals surface area contributed by atoms with Crippen LogP contribution >= 0.6 is 0 Å². The molecule has 1 N–H and O–H groups in total. The van der Waals surface area contributed by atoms with E-state index in [2.05, 4.69) is 10.2 Å². The molecule has 2 fully saturated rings. The molecule has 10 nitrogen and oxygen atoms in total. The molecule has 10 heteroatoms. The number of hydrogen-bond donors (Lipinski definition) is 1. The Labute approximate surface area is 259 Å². The second-order valence-electron chi connectivity index (χ2n) is 13.2. The van der Waals surface area contributed by atoms with Gasteiger partial charge in [0, 0.05) is 67.9 Å². The first-order chi connectivity index (χ1) is 20.8. The normalized spacial score (nSPS) is 18.2. The zero-order valence-electron chi connectivity index (χ0n) is 27.1. The molecule has 1 aromatic heterocycles. The number of benzene rings is 2. The fourth-order valence-electron chi connectivity index (χ4n) is 6.83. The molecule has 0 saturated carbocycles. The molecule has 0 bridgehead atoms. The first kappa shape index (κ1) is 31.4. The first-order valence-electron chi connectivity index (χ1n) is 15.1. The van der Waals surface area contributed by atoms with Gasteiger partial charge in [-0.15, -0.1) is 0 Å². The van der Waals surface area contributed by atoms with Crippen molar-refractivity contribution >= 4 is 34.6 Å². The Bertz CT molecular complexity index is 1600. The molecular weight excluding hydrogens is 560 g/mol. The molecule has 3 heterocycles. The number of esters is 1. The number of aryl methyl sites for hydroxylation is 1. The number of nitrogens with one attached hydrogen (secondary N) is 1. The summed E-state index contributed by atoms with van der Waals surface area (Å²) < 4.78 is 18.2. The van der Waals surface area contributed by atoms with Gasteiger partial charge in [0.05, 0.1) is 25.3 Å². The van der Waals surface area contributed by atoms with Gasteiger partial charge in [-0.3, -0.25) is 14.3 Å². The monoisotopic (exact) mass is 604 g/mol. The topological polar surface area (TPSA) is 102 Å². The standard InChI is InChI=1S/C34H44N4O6/c1-21-15-29(42-7)26(24-11-13-38(30(21)24)32(41)44-33(3,4)5)18-36-14-12-34(19-37(20-34)22(2)39)17-28(36)25-10-9-23(31(40)43-8)16-27(25)35-6/h9-11,13,15-16,28,35H,12,14,17-20H2,1-8H3/t28-/m0/s1. The van der Waals surface area contributed by atoms with Gasteiger partial charge in [-0.1, -0.05) is 6.07 Å². The van der Waals surface area contributed by atoms with Gasteiger partial charge < -0.3 is 24.4 Å². The minimum absolute atomic E-state index is 0.000931. The molecule has 2 aromatic carbocycles. The van der Waals surface area contributed by atoms with Gasteiger partial charge in [-0.05, 0) is 82.5 Å². The summed E-state index contributed by atoms with van der Waals surface area (Å²) in [6.07, 6.45) is 3.17. The number of fused-ring (bicyclic) bond motifs is 1.